The quantitative estimate of drug-likeness (QED) is 0.200. The van der Waals surface area contributed by atoms with E-state index in [-0.39, 0.29) is 17.6 Å². The van der Waals surface area contributed by atoms with Gasteiger partial charge in [-0.1, -0.05) is 96.1 Å². The lowest BCUT2D eigenvalue weighted by atomic mass is 10.0. The van der Waals surface area contributed by atoms with Gasteiger partial charge in [0.2, 0.25) is 0 Å². The van der Waals surface area contributed by atoms with E-state index in [1.807, 2.05) is 6.92 Å². The highest BCUT2D eigenvalue weighted by molar-refractivity contribution is 5.87. The summed E-state index contributed by atoms with van der Waals surface area (Å²) in [7, 11) is 0. The number of carboxylic acids is 1. The minimum Gasteiger partial charge on any atom is -0.478 e. The van der Waals surface area contributed by atoms with Crippen molar-refractivity contribution in [1.29, 1.82) is 0 Å². The Balaban J connectivity index is 1.97. The van der Waals surface area contributed by atoms with Crippen molar-refractivity contribution in [2.75, 3.05) is 0 Å². The molecule has 0 heterocycles. The third-order valence-corrected chi connectivity index (χ3v) is 5.54. The number of rotatable bonds is 18. The number of esters is 1. The van der Waals surface area contributed by atoms with E-state index in [9.17, 15) is 9.59 Å². The van der Waals surface area contributed by atoms with Crippen molar-refractivity contribution >= 4 is 11.9 Å². The summed E-state index contributed by atoms with van der Waals surface area (Å²) in [5.74, 6) is -1.06. The molecule has 1 atom stereocenters. The van der Waals surface area contributed by atoms with Crippen LogP contribution in [0.4, 0.5) is 0 Å². The molecular formula is C26H42O4. The number of unbranched alkanes of at least 4 members (excludes halogenated alkanes) is 12. The van der Waals surface area contributed by atoms with Crippen molar-refractivity contribution in [2.24, 2.45) is 0 Å². The van der Waals surface area contributed by atoms with Crippen LogP contribution >= 0.6 is 0 Å². The van der Waals surface area contributed by atoms with E-state index in [0.29, 0.717) is 12.8 Å². The van der Waals surface area contributed by atoms with E-state index < -0.39 is 5.97 Å². The van der Waals surface area contributed by atoms with E-state index >= 15 is 0 Å². The Hall–Kier alpha value is -1.84. The van der Waals surface area contributed by atoms with Crippen molar-refractivity contribution in [3.63, 3.8) is 0 Å². The molecular weight excluding hydrogens is 376 g/mol. The topological polar surface area (TPSA) is 63.6 Å². The molecule has 1 aromatic rings. The number of hydrogen-bond donors (Lipinski definition) is 1. The van der Waals surface area contributed by atoms with Gasteiger partial charge >= 0.3 is 11.9 Å². The van der Waals surface area contributed by atoms with Crippen LogP contribution in [-0.4, -0.2) is 23.1 Å². The maximum absolute atomic E-state index is 12.0. The maximum atomic E-state index is 12.0. The van der Waals surface area contributed by atoms with Crippen molar-refractivity contribution in [3.8, 4) is 0 Å². The van der Waals surface area contributed by atoms with Crippen LogP contribution in [0.1, 0.15) is 120 Å². The molecule has 0 aliphatic rings. The molecule has 1 unspecified atom stereocenters. The standard InChI is InChI=1S/C26H42O4/c1-3-4-5-6-7-8-9-10-11-12-13-14-15-16-25(27)30-22(2)21-23-17-19-24(20-18-23)26(28)29/h17-20,22H,3-16,21H2,1-2H3,(H,28,29). The van der Waals surface area contributed by atoms with Gasteiger partial charge < -0.3 is 9.84 Å². The Bertz CT molecular complexity index is 579. The van der Waals surface area contributed by atoms with Crippen molar-refractivity contribution < 1.29 is 19.4 Å². The Labute approximate surface area is 183 Å². The molecule has 0 aromatic heterocycles. The largest absolute Gasteiger partial charge is 0.478 e. The molecule has 0 aliphatic heterocycles. The van der Waals surface area contributed by atoms with Crippen molar-refractivity contribution in [1.82, 2.24) is 0 Å². The highest BCUT2D eigenvalue weighted by atomic mass is 16.5. The smallest absolute Gasteiger partial charge is 0.335 e. The molecule has 1 rings (SSSR count). The van der Waals surface area contributed by atoms with Gasteiger partial charge in [-0.2, -0.15) is 0 Å². The predicted octanol–water partition coefficient (Wildman–Crippen LogP) is 7.34. The number of ether oxygens (including phenoxy) is 1. The van der Waals surface area contributed by atoms with Crippen LogP contribution in [0.25, 0.3) is 0 Å². The molecule has 0 bridgehead atoms. The maximum Gasteiger partial charge on any atom is 0.335 e. The average Bonchev–Trinajstić information content (AvgIpc) is 2.71. The molecule has 1 aromatic carbocycles. The van der Waals surface area contributed by atoms with Gasteiger partial charge in [0.1, 0.15) is 6.10 Å². The first-order valence-electron chi connectivity index (χ1n) is 12.0. The third kappa shape index (κ3) is 13.4. The molecule has 4 heteroatoms. The van der Waals surface area contributed by atoms with Gasteiger partial charge in [0.15, 0.2) is 0 Å². The minimum atomic E-state index is -0.932. The SMILES string of the molecule is CCCCCCCCCCCCCCCC(=O)OC(C)Cc1ccc(C(=O)O)cc1. The highest BCUT2D eigenvalue weighted by Gasteiger charge is 2.11. The van der Waals surface area contributed by atoms with Gasteiger partial charge in [-0.15, -0.1) is 0 Å². The highest BCUT2D eigenvalue weighted by Crippen LogP contribution is 2.14. The second kappa shape index (κ2) is 16.9. The second-order valence-corrected chi connectivity index (χ2v) is 8.50. The number of benzene rings is 1. The first kappa shape index (κ1) is 26.2. The van der Waals surface area contributed by atoms with E-state index in [4.69, 9.17) is 9.84 Å². The summed E-state index contributed by atoms with van der Waals surface area (Å²) in [6.45, 7) is 4.14. The molecule has 0 amide bonds. The first-order valence-corrected chi connectivity index (χ1v) is 12.0. The molecule has 0 saturated carbocycles. The molecule has 0 radical (unpaired) electrons. The normalized spacial score (nSPS) is 11.9. The van der Waals surface area contributed by atoms with Gasteiger partial charge in [-0.25, -0.2) is 4.79 Å². The van der Waals surface area contributed by atoms with Crippen LogP contribution in [-0.2, 0) is 16.0 Å². The van der Waals surface area contributed by atoms with Gasteiger partial charge in [0, 0.05) is 12.8 Å². The molecule has 170 valence electrons. The summed E-state index contributed by atoms with van der Waals surface area (Å²) in [5.41, 5.74) is 1.24. The molecule has 4 nitrogen and oxygen atoms in total. The van der Waals surface area contributed by atoms with Crippen LogP contribution < -0.4 is 0 Å². The zero-order chi connectivity index (χ0) is 22.0. The first-order chi connectivity index (χ1) is 14.5. The fraction of sp³-hybridized carbons (Fsp3) is 0.692. The van der Waals surface area contributed by atoms with Crippen LogP contribution in [0.2, 0.25) is 0 Å². The van der Waals surface area contributed by atoms with Gasteiger partial charge in [0.05, 0.1) is 5.56 Å². The number of hydrogen-bond acceptors (Lipinski definition) is 3. The lowest BCUT2D eigenvalue weighted by Crippen LogP contribution is -2.17. The molecule has 30 heavy (non-hydrogen) atoms. The molecule has 0 aliphatic carbocycles. The summed E-state index contributed by atoms with van der Waals surface area (Å²) in [6, 6.07) is 6.72. The minimum absolute atomic E-state index is 0.132. The number of carbonyl (C=O) groups excluding carboxylic acids is 1. The van der Waals surface area contributed by atoms with Crippen molar-refractivity contribution in [3.05, 3.63) is 35.4 Å². The van der Waals surface area contributed by atoms with Gasteiger partial charge in [0.25, 0.3) is 0 Å². The molecule has 0 fully saturated rings. The lowest BCUT2D eigenvalue weighted by Gasteiger charge is -2.13. The van der Waals surface area contributed by atoms with Crippen LogP contribution in [0.5, 0.6) is 0 Å². The summed E-state index contributed by atoms with van der Waals surface area (Å²) >= 11 is 0. The van der Waals surface area contributed by atoms with Crippen LogP contribution in [0.15, 0.2) is 24.3 Å². The van der Waals surface area contributed by atoms with Crippen LogP contribution in [0.3, 0.4) is 0 Å². The van der Waals surface area contributed by atoms with Gasteiger partial charge in [-0.05, 0) is 31.0 Å². The lowest BCUT2D eigenvalue weighted by molar-refractivity contribution is -0.148. The van der Waals surface area contributed by atoms with Crippen LogP contribution in [0, 0.1) is 0 Å². The Morgan fingerprint density at radius 1 is 0.800 bits per heavy atom. The number of carbonyl (C=O) groups is 2. The summed E-state index contributed by atoms with van der Waals surface area (Å²) in [5, 5.41) is 8.93. The monoisotopic (exact) mass is 418 g/mol. The zero-order valence-corrected chi connectivity index (χ0v) is 19.2. The average molecular weight is 419 g/mol. The van der Waals surface area contributed by atoms with E-state index in [0.717, 1.165) is 18.4 Å². The predicted molar refractivity (Wildman–Crippen MR) is 123 cm³/mol. The molecule has 0 spiro atoms. The zero-order valence-electron chi connectivity index (χ0n) is 19.2. The Kier molecular flexibility index (Phi) is 14.8. The fourth-order valence-corrected chi connectivity index (χ4v) is 3.73. The summed E-state index contributed by atoms with van der Waals surface area (Å²) in [4.78, 5) is 22.9. The molecule has 1 N–H and O–H groups in total. The Morgan fingerprint density at radius 3 is 1.73 bits per heavy atom. The molecule has 0 saturated heterocycles. The second-order valence-electron chi connectivity index (χ2n) is 8.50. The fourth-order valence-electron chi connectivity index (χ4n) is 3.73. The summed E-state index contributed by atoms with van der Waals surface area (Å²) < 4.78 is 5.48. The Morgan fingerprint density at radius 2 is 1.27 bits per heavy atom. The van der Waals surface area contributed by atoms with E-state index in [1.54, 1.807) is 24.3 Å². The van der Waals surface area contributed by atoms with Crippen molar-refractivity contribution in [2.45, 2.75) is 116 Å². The third-order valence-electron chi connectivity index (χ3n) is 5.54. The summed E-state index contributed by atoms with van der Waals surface area (Å²) in [6.07, 6.45) is 17.7. The van der Waals surface area contributed by atoms with E-state index in [2.05, 4.69) is 6.92 Å². The van der Waals surface area contributed by atoms with Gasteiger partial charge in [-0.3, -0.25) is 4.79 Å². The number of carboxylic acid groups (broad SMARTS) is 1. The number of aromatic carboxylic acids is 1. The van der Waals surface area contributed by atoms with E-state index in [1.165, 1.54) is 70.6 Å².